The molecule has 88 valence electrons. The molecule has 2 unspecified atom stereocenters. The van der Waals surface area contributed by atoms with Crippen molar-refractivity contribution >= 4 is 10.0 Å². The zero-order valence-corrected chi connectivity index (χ0v) is 10.2. The van der Waals surface area contributed by atoms with Gasteiger partial charge in [-0.25, -0.2) is 13.6 Å². The fraction of sp³-hybridized carbons (Fsp3) is 1.00. The summed E-state index contributed by atoms with van der Waals surface area (Å²) in [4.78, 5) is 2.47. The molecule has 0 aliphatic carbocycles. The number of rotatable bonds is 2. The standard InChI is InChI=1S/C10H20N2O2S/c1-7(2)12-8-3-4-9(12)6-10(5-8)15(11,13)14/h7-10H,3-6H2,1-2H3,(H2,11,13,14)/t8-,9?,10?/m0/s1. The largest absolute Gasteiger partial charge is 0.295 e. The van der Waals surface area contributed by atoms with Gasteiger partial charge in [0.2, 0.25) is 10.0 Å². The van der Waals surface area contributed by atoms with Gasteiger partial charge in [0, 0.05) is 18.1 Å². The van der Waals surface area contributed by atoms with Crippen molar-refractivity contribution in [3.8, 4) is 0 Å². The lowest BCUT2D eigenvalue weighted by atomic mass is 10.0. The van der Waals surface area contributed by atoms with Crippen molar-refractivity contribution in [2.75, 3.05) is 0 Å². The Morgan fingerprint density at radius 3 is 2.00 bits per heavy atom. The fourth-order valence-corrected chi connectivity index (χ4v) is 4.26. The van der Waals surface area contributed by atoms with Crippen LogP contribution in [0, 0.1) is 0 Å². The molecule has 0 saturated carbocycles. The molecule has 2 saturated heterocycles. The SMILES string of the molecule is CC(C)N1C2CC[C@H]1CC(S(N)(=O)=O)C2. The quantitative estimate of drug-likeness (QED) is 0.761. The molecular formula is C10H20N2O2S. The predicted molar refractivity (Wildman–Crippen MR) is 59.9 cm³/mol. The van der Waals surface area contributed by atoms with E-state index in [1.54, 1.807) is 0 Å². The zero-order valence-electron chi connectivity index (χ0n) is 9.39. The van der Waals surface area contributed by atoms with E-state index in [1.165, 1.54) is 0 Å². The predicted octanol–water partition coefficient (Wildman–Crippen LogP) is 0.679. The maximum Gasteiger partial charge on any atom is 0.212 e. The molecule has 2 bridgehead atoms. The average Bonchev–Trinajstić information content (AvgIpc) is 2.35. The summed E-state index contributed by atoms with van der Waals surface area (Å²) in [5.74, 6) is 0. The lowest BCUT2D eigenvalue weighted by molar-refractivity contribution is 0.106. The first-order valence-corrected chi connectivity index (χ1v) is 7.29. The molecule has 0 spiro atoms. The van der Waals surface area contributed by atoms with Gasteiger partial charge in [-0.2, -0.15) is 0 Å². The van der Waals surface area contributed by atoms with E-state index >= 15 is 0 Å². The monoisotopic (exact) mass is 232 g/mol. The molecule has 0 radical (unpaired) electrons. The summed E-state index contributed by atoms with van der Waals surface area (Å²) in [6.45, 7) is 4.37. The Hall–Kier alpha value is -0.130. The highest BCUT2D eigenvalue weighted by Gasteiger charge is 2.44. The van der Waals surface area contributed by atoms with Crippen LogP contribution >= 0.6 is 0 Å². The molecule has 2 rings (SSSR count). The van der Waals surface area contributed by atoms with Crippen molar-refractivity contribution in [3.63, 3.8) is 0 Å². The molecule has 0 aromatic rings. The van der Waals surface area contributed by atoms with Gasteiger partial charge < -0.3 is 0 Å². The first-order valence-electron chi connectivity index (χ1n) is 5.68. The van der Waals surface area contributed by atoms with E-state index in [1.807, 2.05) is 0 Å². The van der Waals surface area contributed by atoms with E-state index in [-0.39, 0.29) is 5.25 Å². The van der Waals surface area contributed by atoms with Gasteiger partial charge in [0.05, 0.1) is 5.25 Å². The Morgan fingerprint density at radius 1 is 1.20 bits per heavy atom. The molecular weight excluding hydrogens is 212 g/mol. The minimum Gasteiger partial charge on any atom is -0.295 e. The highest BCUT2D eigenvalue weighted by molar-refractivity contribution is 7.89. The lowest BCUT2D eigenvalue weighted by Gasteiger charge is -2.40. The molecule has 2 heterocycles. The van der Waals surface area contributed by atoms with E-state index in [0.717, 1.165) is 25.7 Å². The van der Waals surface area contributed by atoms with Gasteiger partial charge in [-0.05, 0) is 39.5 Å². The Balaban J connectivity index is 2.15. The summed E-state index contributed by atoms with van der Waals surface area (Å²) in [5, 5.41) is 4.94. The molecule has 2 fully saturated rings. The molecule has 3 atom stereocenters. The number of fused-ring (bicyclic) bond motifs is 2. The van der Waals surface area contributed by atoms with Crippen molar-refractivity contribution in [3.05, 3.63) is 0 Å². The van der Waals surface area contributed by atoms with Crippen LogP contribution in [0.4, 0.5) is 0 Å². The lowest BCUT2D eigenvalue weighted by Crippen LogP contribution is -2.50. The van der Waals surface area contributed by atoms with Crippen LogP contribution in [0.1, 0.15) is 39.5 Å². The second kappa shape index (κ2) is 3.71. The minimum atomic E-state index is -3.33. The third-order valence-corrected chi connectivity index (χ3v) is 5.12. The number of piperidine rings is 1. The molecule has 5 heteroatoms. The van der Waals surface area contributed by atoms with E-state index in [2.05, 4.69) is 18.7 Å². The second-order valence-electron chi connectivity index (χ2n) is 5.11. The number of nitrogens with zero attached hydrogens (tertiary/aromatic N) is 1. The zero-order chi connectivity index (χ0) is 11.2. The van der Waals surface area contributed by atoms with Gasteiger partial charge >= 0.3 is 0 Å². The topological polar surface area (TPSA) is 63.4 Å². The highest BCUT2D eigenvalue weighted by atomic mass is 32.2. The molecule has 2 aliphatic heterocycles. The second-order valence-corrected chi connectivity index (χ2v) is 6.95. The Bertz CT molecular complexity index is 325. The van der Waals surface area contributed by atoms with Crippen molar-refractivity contribution in [2.24, 2.45) is 5.14 Å². The van der Waals surface area contributed by atoms with Crippen LogP contribution in [0.5, 0.6) is 0 Å². The maximum absolute atomic E-state index is 11.3. The normalized spacial score (nSPS) is 37.5. The Kier molecular flexibility index (Phi) is 2.81. The van der Waals surface area contributed by atoms with Gasteiger partial charge in [-0.15, -0.1) is 0 Å². The number of sulfonamides is 1. The van der Waals surface area contributed by atoms with Crippen LogP contribution < -0.4 is 5.14 Å². The number of nitrogens with two attached hydrogens (primary N) is 1. The van der Waals surface area contributed by atoms with Gasteiger partial charge in [0.25, 0.3) is 0 Å². The van der Waals surface area contributed by atoms with Gasteiger partial charge in [0.15, 0.2) is 0 Å². The summed E-state index contributed by atoms with van der Waals surface area (Å²) in [7, 11) is -3.33. The van der Waals surface area contributed by atoms with E-state index < -0.39 is 10.0 Å². The molecule has 2 aliphatic rings. The smallest absolute Gasteiger partial charge is 0.212 e. The summed E-state index contributed by atoms with van der Waals surface area (Å²) < 4.78 is 22.7. The molecule has 4 nitrogen and oxygen atoms in total. The fourth-order valence-electron chi connectivity index (χ4n) is 3.27. The van der Waals surface area contributed by atoms with Crippen molar-refractivity contribution in [1.82, 2.24) is 4.90 Å². The number of primary sulfonamides is 1. The van der Waals surface area contributed by atoms with Gasteiger partial charge in [-0.3, -0.25) is 4.90 Å². The summed E-state index contributed by atoms with van der Waals surface area (Å²) in [5.41, 5.74) is 0. The third kappa shape index (κ3) is 2.05. The summed E-state index contributed by atoms with van der Waals surface area (Å²) >= 11 is 0. The van der Waals surface area contributed by atoms with Crippen LogP contribution in [-0.4, -0.2) is 36.7 Å². The first-order chi connectivity index (χ1) is 6.89. The van der Waals surface area contributed by atoms with Crippen LogP contribution in [0.3, 0.4) is 0 Å². The van der Waals surface area contributed by atoms with E-state index in [0.29, 0.717) is 18.1 Å². The minimum absolute atomic E-state index is 0.301. The van der Waals surface area contributed by atoms with Crippen molar-refractivity contribution < 1.29 is 8.42 Å². The van der Waals surface area contributed by atoms with E-state index in [4.69, 9.17) is 5.14 Å². The first kappa shape index (κ1) is 11.4. The third-order valence-electron chi connectivity index (χ3n) is 3.81. The van der Waals surface area contributed by atoms with Crippen LogP contribution in [-0.2, 0) is 10.0 Å². The summed E-state index contributed by atoms with van der Waals surface area (Å²) in [6.07, 6.45) is 3.73. The van der Waals surface area contributed by atoms with Crippen molar-refractivity contribution in [1.29, 1.82) is 0 Å². The van der Waals surface area contributed by atoms with Gasteiger partial charge in [0.1, 0.15) is 0 Å². The van der Waals surface area contributed by atoms with E-state index in [9.17, 15) is 8.42 Å². The Morgan fingerprint density at radius 2 is 1.67 bits per heavy atom. The van der Waals surface area contributed by atoms with Crippen molar-refractivity contribution in [2.45, 2.75) is 62.9 Å². The summed E-state index contributed by atoms with van der Waals surface area (Å²) in [6, 6.07) is 1.39. The molecule has 15 heavy (non-hydrogen) atoms. The molecule has 2 N–H and O–H groups in total. The van der Waals surface area contributed by atoms with Gasteiger partial charge in [-0.1, -0.05) is 0 Å². The average molecular weight is 232 g/mol. The maximum atomic E-state index is 11.3. The molecule has 0 amide bonds. The van der Waals surface area contributed by atoms with Crippen LogP contribution in [0.2, 0.25) is 0 Å². The Labute approximate surface area is 91.9 Å². The highest BCUT2D eigenvalue weighted by Crippen LogP contribution is 2.38. The number of hydrogen-bond donors (Lipinski definition) is 1. The molecule has 0 aromatic heterocycles. The van der Waals surface area contributed by atoms with Crippen LogP contribution in [0.15, 0.2) is 0 Å². The number of hydrogen-bond acceptors (Lipinski definition) is 3. The van der Waals surface area contributed by atoms with Crippen LogP contribution in [0.25, 0.3) is 0 Å². The molecule has 0 aromatic carbocycles.